The molecule has 1 saturated heterocycles. The quantitative estimate of drug-likeness (QED) is 0.879. The molecule has 2 unspecified atom stereocenters. The number of alkyl halides is 2. The standard InChI is InChI=1S/C16H22F2N2O2/c1-11(12-6-5-7-13(10-12)22-15(17)18)20-14(21)16(2)8-3-4-9-19-16/h5-7,10-11,15,19H,3-4,8-9H2,1-2H3,(H,20,21). The van der Waals surface area contributed by atoms with Gasteiger partial charge in [0.1, 0.15) is 5.75 Å². The second-order valence-electron chi connectivity index (χ2n) is 5.86. The molecule has 0 radical (unpaired) electrons. The van der Waals surface area contributed by atoms with Gasteiger partial charge in [-0.05, 0) is 57.4 Å². The SMILES string of the molecule is CC(NC(=O)C1(C)CCCCN1)c1cccc(OC(F)F)c1. The van der Waals surface area contributed by atoms with E-state index in [1.165, 1.54) is 12.1 Å². The first-order valence-electron chi connectivity index (χ1n) is 7.51. The molecule has 22 heavy (non-hydrogen) atoms. The molecular formula is C16H22F2N2O2. The minimum Gasteiger partial charge on any atom is -0.435 e. The van der Waals surface area contributed by atoms with Crippen molar-refractivity contribution in [2.24, 2.45) is 0 Å². The minimum atomic E-state index is -2.86. The summed E-state index contributed by atoms with van der Waals surface area (Å²) in [4.78, 5) is 12.4. The maximum absolute atomic E-state index is 12.4. The van der Waals surface area contributed by atoms with Crippen LogP contribution in [-0.2, 0) is 4.79 Å². The molecule has 1 aliphatic heterocycles. The largest absolute Gasteiger partial charge is 0.435 e. The van der Waals surface area contributed by atoms with Gasteiger partial charge in [0.25, 0.3) is 0 Å². The van der Waals surface area contributed by atoms with Crippen LogP contribution >= 0.6 is 0 Å². The lowest BCUT2D eigenvalue weighted by Crippen LogP contribution is -2.57. The molecule has 6 heteroatoms. The van der Waals surface area contributed by atoms with Gasteiger partial charge >= 0.3 is 6.61 Å². The van der Waals surface area contributed by atoms with Crippen LogP contribution in [-0.4, -0.2) is 24.6 Å². The van der Waals surface area contributed by atoms with Crippen LogP contribution in [0.5, 0.6) is 5.75 Å². The van der Waals surface area contributed by atoms with Crippen molar-refractivity contribution in [2.45, 2.75) is 51.3 Å². The topological polar surface area (TPSA) is 50.4 Å². The molecule has 2 N–H and O–H groups in total. The van der Waals surface area contributed by atoms with E-state index in [0.29, 0.717) is 0 Å². The van der Waals surface area contributed by atoms with Crippen molar-refractivity contribution in [2.75, 3.05) is 6.54 Å². The van der Waals surface area contributed by atoms with E-state index >= 15 is 0 Å². The third-order valence-electron chi connectivity index (χ3n) is 4.05. The molecule has 1 aromatic rings. The number of halogens is 2. The Balaban J connectivity index is 2.02. The molecule has 0 spiro atoms. The maximum atomic E-state index is 12.4. The summed E-state index contributed by atoms with van der Waals surface area (Å²) in [7, 11) is 0. The number of piperidine rings is 1. The van der Waals surface area contributed by atoms with Crippen molar-refractivity contribution >= 4 is 5.91 Å². The van der Waals surface area contributed by atoms with Gasteiger partial charge in [0.2, 0.25) is 5.91 Å². The molecule has 1 fully saturated rings. The fourth-order valence-electron chi connectivity index (χ4n) is 2.65. The Morgan fingerprint density at radius 3 is 2.82 bits per heavy atom. The predicted molar refractivity (Wildman–Crippen MR) is 79.9 cm³/mol. The second kappa shape index (κ2) is 7.05. The smallest absolute Gasteiger partial charge is 0.387 e. The molecular weight excluding hydrogens is 290 g/mol. The Bertz CT molecular complexity index is 517. The van der Waals surface area contributed by atoms with Crippen molar-refractivity contribution in [3.05, 3.63) is 29.8 Å². The van der Waals surface area contributed by atoms with E-state index in [2.05, 4.69) is 15.4 Å². The number of nitrogens with one attached hydrogen (secondary N) is 2. The van der Waals surface area contributed by atoms with Crippen LogP contribution in [0, 0.1) is 0 Å². The van der Waals surface area contributed by atoms with Gasteiger partial charge < -0.3 is 15.4 Å². The zero-order valence-corrected chi connectivity index (χ0v) is 12.9. The van der Waals surface area contributed by atoms with Crippen LogP contribution in [0.25, 0.3) is 0 Å². The molecule has 2 rings (SSSR count). The number of carbonyl (C=O) groups is 1. The molecule has 1 aliphatic rings. The third kappa shape index (κ3) is 4.16. The van der Waals surface area contributed by atoms with Crippen LogP contribution in [0.4, 0.5) is 8.78 Å². The monoisotopic (exact) mass is 312 g/mol. The van der Waals surface area contributed by atoms with E-state index in [1.807, 2.05) is 13.8 Å². The number of ether oxygens (including phenoxy) is 1. The van der Waals surface area contributed by atoms with Crippen LogP contribution in [0.3, 0.4) is 0 Å². The van der Waals surface area contributed by atoms with Crippen LogP contribution in [0.15, 0.2) is 24.3 Å². The summed E-state index contributed by atoms with van der Waals surface area (Å²) >= 11 is 0. The summed E-state index contributed by atoms with van der Waals surface area (Å²) in [6, 6.07) is 6.12. The van der Waals surface area contributed by atoms with Crippen molar-refractivity contribution in [3.63, 3.8) is 0 Å². The first-order valence-corrected chi connectivity index (χ1v) is 7.51. The van der Waals surface area contributed by atoms with Gasteiger partial charge in [-0.2, -0.15) is 8.78 Å². The minimum absolute atomic E-state index is 0.0696. The van der Waals surface area contributed by atoms with Gasteiger partial charge in [0.15, 0.2) is 0 Å². The highest BCUT2D eigenvalue weighted by Gasteiger charge is 2.34. The molecule has 2 atom stereocenters. The summed E-state index contributed by atoms with van der Waals surface area (Å²) in [6.07, 6.45) is 2.88. The highest BCUT2D eigenvalue weighted by Crippen LogP contribution is 2.23. The lowest BCUT2D eigenvalue weighted by atomic mass is 9.89. The summed E-state index contributed by atoms with van der Waals surface area (Å²) in [5, 5.41) is 6.20. The highest BCUT2D eigenvalue weighted by atomic mass is 19.3. The average Bonchev–Trinajstić information content (AvgIpc) is 2.47. The van der Waals surface area contributed by atoms with Crippen molar-refractivity contribution in [3.8, 4) is 5.75 Å². The number of amides is 1. The number of carbonyl (C=O) groups excluding carboxylic acids is 1. The van der Waals surface area contributed by atoms with E-state index in [1.54, 1.807) is 12.1 Å². The van der Waals surface area contributed by atoms with E-state index in [4.69, 9.17) is 0 Å². The van der Waals surface area contributed by atoms with Crippen LogP contribution in [0.1, 0.15) is 44.7 Å². The second-order valence-corrected chi connectivity index (χ2v) is 5.86. The number of hydrogen-bond donors (Lipinski definition) is 2. The Morgan fingerprint density at radius 1 is 1.41 bits per heavy atom. The molecule has 0 aliphatic carbocycles. The van der Waals surface area contributed by atoms with Crippen molar-refractivity contribution in [1.29, 1.82) is 0 Å². The predicted octanol–water partition coefficient (Wildman–Crippen LogP) is 3.00. The van der Waals surface area contributed by atoms with Gasteiger partial charge in [-0.25, -0.2) is 0 Å². The first-order chi connectivity index (χ1) is 10.4. The average molecular weight is 312 g/mol. The molecule has 4 nitrogen and oxygen atoms in total. The molecule has 0 bridgehead atoms. The van der Waals surface area contributed by atoms with Gasteiger partial charge in [0, 0.05) is 0 Å². The number of benzene rings is 1. The Labute approximate surface area is 129 Å². The molecule has 0 aromatic heterocycles. The summed E-state index contributed by atoms with van der Waals surface area (Å²) in [5.41, 5.74) is 0.162. The third-order valence-corrected chi connectivity index (χ3v) is 4.05. The highest BCUT2D eigenvalue weighted by molar-refractivity contribution is 5.86. The zero-order chi connectivity index (χ0) is 16.2. The van der Waals surface area contributed by atoms with E-state index < -0.39 is 12.2 Å². The van der Waals surface area contributed by atoms with Crippen LogP contribution < -0.4 is 15.4 Å². The fourth-order valence-corrected chi connectivity index (χ4v) is 2.65. The lowest BCUT2D eigenvalue weighted by molar-refractivity contribution is -0.128. The normalized spacial score (nSPS) is 23.1. The Kier molecular flexibility index (Phi) is 5.34. The fraction of sp³-hybridized carbons (Fsp3) is 0.562. The van der Waals surface area contributed by atoms with Crippen LogP contribution in [0.2, 0.25) is 0 Å². The molecule has 1 amide bonds. The van der Waals surface area contributed by atoms with Gasteiger partial charge in [-0.15, -0.1) is 0 Å². The summed E-state index contributed by atoms with van der Waals surface area (Å²) < 4.78 is 28.9. The van der Waals surface area contributed by atoms with E-state index in [9.17, 15) is 13.6 Å². The molecule has 1 heterocycles. The van der Waals surface area contributed by atoms with Gasteiger partial charge in [-0.3, -0.25) is 4.79 Å². The molecule has 0 saturated carbocycles. The van der Waals surface area contributed by atoms with Gasteiger partial charge in [-0.1, -0.05) is 12.1 Å². The van der Waals surface area contributed by atoms with Crippen molar-refractivity contribution in [1.82, 2.24) is 10.6 Å². The summed E-state index contributed by atoms with van der Waals surface area (Å²) in [6.45, 7) is 1.69. The Hall–Kier alpha value is -1.69. The summed E-state index contributed by atoms with van der Waals surface area (Å²) in [5.74, 6) is 0.0236. The van der Waals surface area contributed by atoms with E-state index in [-0.39, 0.29) is 17.7 Å². The first kappa shape index (κ1) is 16.7. The maximum Gasteiger partial charge on any atom is 0.387 e. The van der Waals surface area contributed by atoms with E-state index in [0.717, 1.165) is 31.4 Å². The van der Waals surface area contributed by atoms with Gasteiger partial charge in [0.05, 0.1) is 11.6 Å². The molecule has 1 aromatic carbocycles. The molecule has 122 valence electrons. The number of hydrogen-bond acceptors (Lipinski definition) is 3. The zero-order valence-electron chi connectivity index (χ0n) is 12.9. The number of rotatable bonds is 5. The van der Waals surface area contributed by atoms with Crippen molar-refractivity contribution < 1.29 is 18.3 Å². The Morgan fingerprint density at radius 2 is 2.18 bits per heavy atom. The lowest BCUT2D eigenvalue weighted by Gasteiger charge is -2.34.